The Kier molecular flexibility index (Phi) is 7.10. The van der Waals surface area contributed by atoms with Gasteiger partial charge in [-0.2, -0.15) is 0 Å². The van der Waals surface area contributed by atoms with Crippen LogP contribution in [-0.2, 0) is 6.54 Å². The van der Waals surface area contributed by atoms with Crippen molar-refractivity contribution in [3.8, 4) is 0 Å². The molecule has 2 aliphatic heterocycles. The molecule has 7 heteroatoms. The molecule has 4 rings (SSSR count). The lowest BCUT2D eigenvalue weighted by Crippen LogP contribution is -2.57. The Morgan fingerprint density at radius 3 is 2.32 bits per heavy atom. The zero-order valence-electron chi connectivity index (χ0n) is 16.1. The van der Waals surface area contributed by atoms with Crippen LogP contribution in [0.25, 0.3) is 0 Å². The number of rotatable bonds is 2. The van der Waals surface area contributed by atoms with E-state index in [-0.39, 0.29) is 5.54 Å². The summed E-state index contributed by atoms with van der Waals surface area (Å²) in [5.74, 6) is 0.935. The predicted molar refractivity (Wildman–Crippen MR) is 122 cm³/mol. The molecule has 2 aromatic rings. The predicted octanol–water partition coefficient (Wildman–Crippen LogP) is 6.23. The maximum Gasteiger partial charge on any atom is 0.127 e. The lowest BCUT2D eigenvalue weighted by atomic mass is 9.84. The van der Waals surface area contributed by atoms with E-state index in [1.165, 1.54) is 0 Å². The molecule has 150 valence electrons. The smallest absolute Gasteiger partial charge is 0.127 e. The number of hydrogen-bond acceptors (Lipinski definition) is 3. The lowest BCUT2D eigenvalue weighted by Gasteiger charge is -2.44. The summed E-state index contributed by atoms with van der Waals surface area (Å²) in [6.45, 7) is 6.43. The van der Waals surface area contributed by atoms with E-state index in [2.05, 4.69) is 16.0 Å². The first-order valence-electron chi connectivity index (χ1n) is 9.60. The van der Waals surface area contributed by atoms with Gasteiger partial charge in [-0.15, -0.1) is 0 Å². The topological polar surface area (TPSA) is 48.5 Å². The fourth-order valence-electron chi connectivity index (χ4n) is 3.53. The molecule has 1 saturated heterocycles. The van der Waals surface area contributed by atoms with Gasteiger partial charge in [0.05, 0.1) is 33.5 Å². The monoisotopic (exact) mass is 438 g/mol. The molecule has 28 heavy (non-hydrogen) atoms. The van der Waals surface area contributed by atoms with E-state index in [4.69, 9.17) is 39.8 Å². The van der Waals surface area contributed by atoms with Gasteiger partial charge in [0.1, 0.15) is 5.84 Å². The molecule has 4 nitrogen and oxygen atoms in total. The highest BCUT2D eigenvalue weighted by Crippen LogP contribution is 2.40. The molecule has 0 radical (unpaired) electrons. The van der Waals surface area contributed by atoms with Crippen molar-refractivity contribution in [2.45, 2.75) is 38.8 Å². The summed E-state index contributed by atoms with van der Waals surface area (Å²) in [4.78, 5) is 4.90. The largest absolute Gasteiger partial charge is 0.371 e. The van der Waals surface area contributed by atoms with Gasteiger partial charge in [-0.25, -0.2) is 0 Å². The van der Waals surface area contributed by atoms with Crippen LogP contribution in [0.1, 0.15) is 32.3 Å². The molecule has 1 fully saturated rings. The number of amidine groups is 1. The number of hydrogen-bond donors (Lipinski definition) is 3. The molecule has 3 N–H and O–H groups in total. The molecule has 2 heterocycles. The second kappa shape index (κ2) is 9.36. The molecule has 0 atom stereocenters. The number of piperidine rings is 1. The summed E-state index contributed by atoms with van der Waals surface area (Å²) in [7, 11) is 0. The minimum Gasteiger partial charge on any atom is -0.371 e. The van der Waals surface area contributed by atoms with Gasteiger partial charge >= 0.3 is 0 Å². The number of nitrogens with zero attached hydrogens (tertiary/aromatic N) is 1. The van der Waals surface area contributed by atoms with Gasteiger partial charge in [0, 0.05) is 5.02 Å². The molecular weight excluding hydrogens is 415 g/mol. The van der Waals surface area contributed by atoms with E-state index >= 15 is 0 Å². The van der Waals surface area contributed by atoms with Gasteiger partial charge in [-0.3, -0.25) is 4.99 Å². The van der Waals surface area contributed by atoms with E-state index < -0.39 is 0 Å². The average molecular weight is 440 g/mol. The van der Waals surface area contributed by atoms with Crippen LogP contribution in [0.2, 0.25) is 15.1 Å². The van der Waals surface area contributed by atoms with Gasteiger partial charge in [0.2, 0.25) is 0 Å². The summed E-state index contributed by atoms with van der Waals surface area (Å²) >= 11 is 18.5. The number of halogens is 3. The van der Waals surface area contributed by atoms with Crippen molar-refractivity contribution in [1.82, 2.24) is 5.32 Å². The minimum absolute atomic E-state index is 0.228. The van der Waals surface area contributed by atoms with Crippen molar-refractivity contribution < 1.29 is 0 Å². The Hall–Kier alpha value is -1.46. The van der Waals surface area contributed by atoms with Crippen LogP contribution in [0.4, 0.5) is 11.4 Å². The molecule has 0 aromatic heterocycles. The van der Waals surface area contributed by atoms with Gasteiger partial charge in [-0.1, -0.05) is 60.8 Å². The second-order valence-electron chi connectivity index (χ2n) is 6.69. The maximum absolute atomic E-state index is 6.21. The Bertz CT molecular complexity index is 861. The van der Waals surface area contributed by atoms with Gasteiger partial charge in [0.15, 0.2) is 0 Å². The number of nitrogens with one attached hydrogen (secondary N) is 3. The van der Waals surface area contributed by atoms with Crippen LogP contribution in [0.15, 0.2) is 41.4 Å². The Morgan fingerprint density at radius 1 is 0.964 bits per heavy atom. The van der Waals surface area contributed by atoms with Gasteiger partial charge < -0.3 is 16.0 Å². The number of aliphatic imine (C=N–C) groups is 1. The molecule has 2 aromatic carbocycles. The molecule has 1 spiro atoms. The SMILES string of the molecule is CC.Clc1cccc(CN=C2Nc3cc(Cl)c(Cl)cc3NC23CCNCC3)c1. The van der Waals surface area contributed by atoms with Crippen molar-refractivity contribution in [3.63, 3.8) is 0 Å². The van der Waals surface area contributed by atoms with Gasteiger partial charge in [0.25, 0.3) is 0 Å². The second-order valence-corrected chi connectivity index (χ2v) is 7.94. The highest BCUT2D eigenvalue weighted by atomic mass is 35.5. The third-order valence-electron chi connectivity index (χ3n) is 4.91. The molecular formula is C21H25Cl3N4. The molecule has 0 saturated carbocycles. The highest BCUT2D eigenvalue weighted by Gasteiger charge is 2.41. The maximum atomic E-state index is 6.21. The zero-order valence-corrected chi connectivity index (χ0v) is 18.3. The Balaban J connectivity index is 0.00000109. The van der Waals surface area contributed by atoms with Crippen molar-refractivity contribution >= 4 is 52.0 Å². The Morgan fingerprint density at radius 2 is 1.64 bits per heavy atom. The van der Waals surface area contributed by atoms with Crippen LogP contribution in [0, 0.1) is 0 Å². The summed E-state index contributed by atoms with van der Waals surface area (Å²) < 4.78 is 0. The van der Waals surface area contributed by atoms with Crippen LogP contribution < -0.4 is 16.0 Å². The van der Waals surface area contributed by atoms with Crippen LogP contribution >= 0.6 is 34.8 Å². The Labute approximate surface area is 181 Å². The third kappa shape index (κ3) is 4.57. The van der Waals surface area contributed by atoms with Crippen LogP contribution in [0.5, 0.6) is 0 Å². The van der Waals surface area contributed by atoms with Crippen LogP contribution in [-0.4, -0.2) is 24.5 Å². The quantitative estimate of drug-likeness (QED) is 0.519. The highest BCUT2D eigenvalue weighted by molar-refractivity contribution is 6.42. The average Bonchev–Trinajstić information content (AvgIpc) is 2.70. The van der Waals surface area contributed by atoms with E-state index in [1.807, 2.05) is 50.2 Å². The lowest BCUT2D eigenvalue weighted by molar-refractivity contribution is 0.419. The number of anilines is 2. The standard InChI is InChI=1S/C19H19Cl3N4.C2H6/c20-13-3-1-2-12(8-13)11-24-18-19(4-6-23-7-5-19)26-17-10-15(22)14(21)9-16(17)25-18;1-2/h1-3,8-10,23,26H,4-7,11H2,(H,24,25);1-2H3. The third-order valence-corrected chi connectivity index (χ3v) is 5.86. The number of fused-ring (bicyclic) bond motifs is 1. The summed E-state index contributed by atoms with van der Waals surface area (Å²) in [5, 5.41) is 12.4. The molecule has 0 amide bonds. The zero-order chi connectivity index (χ0) is 20.1. The molecule has 0 bridgehead atoms. The summed E-state index contributed by atoms with van der Waals surface area (Å²) in [5.41, 5.74) is 2.71. The van der Waals surface area contributed by atoms with E-state index in [0.717, 1.165) is 53.7 Å². The molecule has 2 aliphatic rings. The molecule has 0 unspecified atom stereocenters. The van der Waals surface area contributed by atoms with Crippen LogP contribution in [0.3, 0.4) is 0 Å². The molecule has 0 aliphatic carbocycles. The van der Waals surface area contributed by atoms with Crippen molar-refractivity contribution in [3.05, 3.63) is 57.0 Å². The van der Waals surface area contributed by atoms with Gasteiger partial charge in [-0.05, 0) is 55.8 Å². The fourth-order valence-corrected chi connectivity index (χ4v) is 4.07. The fraction of sp³-hybridized carbons (Fsp3) is 0.381. The first-order chi connectivity index (χ1) is 13.6. The summed E-state index contributed by atoms with van der Waals surface area (Å²) in [6.07, 6.45) is 1.88. The number of benzene rings is 2. The first-order valence-corrected chi connectivity index (χ1v) is 10.7. The van der Waals surface area contributed by atoms with Crippen molar-refractivity contribution in [2.75, 3.05) is 23.7 Å². The first kappa shape index (κ1) is 21.3. The van der Waals surface area contributed by atoms with Crippen molar-refractivity contribution in [2.24, 2.45) is 4.99 Å². The normalized spacial score (nSPS) is 18.5. The van der Waals surface area contributed by atoms with E-state index in [0.29, 0.717) is 16.6 Å². The summed E-state index contributed by atoms with van der Waals surface area (Å²) in [6, 6.07) is 11.5. The minimum atomic E-state index is -0.228. The van der Waals surface area contributed by atoms with E-state index in [9.17, 15) is 0 Å². The van der Waals surface area contributed by atoms with E-state index in [1.54, 1.807) is 0 Å². The van der Waals surface area contributed by atoms with Crippen molar-refractivity contribution in [1.29, 1.82) is 0 Å².